The minimum atomic E-state index is -1.10. The Morgan fingerprint density at radius 2 is 2.28 bits per heavy atom. The Hall–Kier alpha value is -2.18. The maximum atomic E-state index is 11.4. The number of carbonyl (C=O) groups is 2. The highest BCUT2D eigenvalue weighted by Crippen LogP contribution is 2.12. The van der Waals surface area contributed by atoms with Crippen molar-refractivity contribution in [1.82, 2.24) is 15.3 Å². The van der Waals surface area contributed by atoms with Crippen LogP contribution < -0.4 is 10.2 Å². The van der Waals surface area contributed by atoms with Crippen molar-refractivity contribution in [3.63, 3.8) is 0 Å². The Morgan fingerprint density at radius 3 is 3.00 bits per heavy atom. The maximum Gasteiger partial charge on any atom is 0.354 e. The lowest BCUT2D eigenvalue weighted by Gasteiger charge is -2.19. The molecule has 96 valence electrons. The molecule has 1 aromatic rings. The quantitative estimate of drug-likeness (QED) is 0.755. The number of carboxylic acids is 1. The molecule has 2 heterocycles. The molecule has 1 fully saturated rings. The zero-order valence-corrected chi connectivity index (χ0v) is 10.0. The van der Waals surface area contributed by atoms with Gasteiger partial charge >= 0.3 is 5.97 Å². The predicted molar refractivity (Wildman–Crippen MR) is 63.6 cm³/mol. The van der Waals surface area contributed by atoms with Crippen molar-refractivity contribution in [3.8, 4) is 0 Å². The number of aromatic nitrogens is 2. The standard InChI is InChI=1S/C11H14N4O3/c1-7-5-8(10(17)18)14-11(13-7)15-4-2-3-12-9(16)6-15/h5H,2-4,6H2,1H3,(H,12,16)(H,17,18). The monoisotopic (exact) mass is 250 g/mol. The molecule has 1 amide bonds. The van der Waals surface area contributed by atoms with Gasteiger partial charge in [0.25, 0.3) is 0 Å². The van der Waals surface area contributed by atoms with E-state index in [-0.39, 0.29) is 18.1 Å². The Labute approximate surface area is 104 Å². The van der Waals surface area contributed by atoms with Gasteiger partial charge in [-0.05, 0) is 19.4 Å². The molecule has 2 N–H and O–H groups in total. The van der Waals surface area contributed by atoms with Crippen molar-refractivity contribution in [2.75, 3.05) is 24.5 Å². The lowest BCUT2D eigenvalue weighted by molar-refractivity contribution is -0.119. The average molecular weight is 250 g/mol. The van der Waals surface area contributed by atoms with Gasteiger partial charge in [-0.25, -0.2) is 14.8 Å². The number of nitrogens with one attached hydrogen (secondary N) is 1. The zero-order valence-electron chi connectivity index (χ0n) is 10.0. The first-order valence-corrected chi connectivity index (χ1v) is 5.67. The molecule has 0 aliphatic carbocycles. The Bertz CT molecular complexity index is 489. The SMILES string of the molecule is Cc1cc(C(=O)O)nc(N2CCCNC(=O)C2)n1. The molecule has 0 spiro atoms. The molecular weight excluding hydrogens is 236 g/mol. The first-order valence-electron chi connectivity index (χ1n) is 5.67. The summed E-state index contributed by atoms with van der Waals surface area (Å²) in [6, 6.07) is 1.41. The molecule has 2 rings (SSSR count). The second-order valence-electron chi connectivity index (χ2n) is 4.12. The van der Waals surface area contributed by atoms with E-state index in [1.807, 2.05) is 0 Å². The lowest BCUT2D eigenvalue weighted by atomic mass is 10.3. The van der Waals surface area contributed by atoms with E-state index in [0.29, 0.717) is 24.7 Å². The van der Waals surface area contributed by atoms with E-state index >= 15 is 0 Å². The van der Waals surface area contributed by atoms with Crippen LogP contribution in [0, 0.1) is 6.92 Å². The van der Waals surface area contributed by atoms with E-state index in [0.717, 1.165) is 6.42 Å². The summed E-state index contributed by atoms with van der Waals surface area (Å²) >= 11 is 0. The summed E-state index contributed by atoms with van der Waals surface area (Å²) in [6.07, 6.45) is 0.783. The Kier molecular flexibility index (Phi) is 3.40. The van der Waals surface area contributed by atoms with Crippen molar-refractivity contribution in [2.24, 2.45) is 0 Å². The molecule has 0 bridgehead atoms. The molecule has 18 heavy (non-hydrogen) atoms. The van der Waals surface area contributed by atoms with Gasteiger partial charge in [-0.3, -0.25) is 4.79 Å². The molecule has 0 atom stereocenters. The second-order valence-corrected chi connectivity index (χ2v) is 4.12. The van der Waals surface area contributed by atoms with Crippen LogP contribution in [0.2, 0.25) is 0 Å². The second kappa shape index (κ2) is 4.99. The molecule has 1 aliphatic rings. The van der Waals surface area contributed by atoms with Gasteiger partial charge in [-0.1, -0.05) is 0 Å². The van der Waals surface area contributed by atoms with Crippen LogP contribution in [-0.4, -0.2) is 46.6 Å². The number of anilines is 1. The van der Waals surface area contributed by atoms with Crippen LogP contribution >= 0.6 is 0 Å². The van der Waals surface area contributed by atoms with E-state index in [1.165, 1.54) is 6.07 Å². The summed E-state index contributed by atoms with van der Waals surface area (Å²) in [6.45, 7) is 3.10. The van der Waals surface area contributed by atoms with Crippen LogP contribution in [0.5, 0.6) is 0 Å². The number of aromatic carboxylic acids is 1. The van der Waals surface area contributed by atoms with Crippen molar-refractivity contribution >= 4 is 17.8 Å². The zero-order chi connectivity index (χ0) is 13.1. The van der Waals surface area contributed by atoms with Gasteiger partial charge in [0.05, 0.1) is 6.54 Å². The maximum absolute atomic E-state index is 11.4. The molecule has 7 heteroatoms. The van der Waals surface area contributed by atoms with E-state index in [9.17, 15) is 9.59 Å². The lowest BCUT2D eigenvalue weighted by Crippen LogP contribution is -2.34. The first-order chi connectivity index (χ1) is 8.56. The van der Waals surface area contributed by atoms with Crippen molar-refractivity contribution in [2.45, 2.75) is 13.3 Å². The van der Waals surface area contributed by atoms with Crippen molar-refractivity contribution in [1.29, 1.82) is 0 Å². The molecule has 7 nitrogen and oxygen atoms in total. The summed E-state index contributed by atoms with van der Waals surface area (Å²) in [4.78, 5) is 32.2. The number of carboxylic acid groups (broad SMARTS) is 1. The van der Waals surface area contributed by atoms with Gasteiger partial charge in [0.1, 0.15) is 0 Å². The van der Waals surface area contributed by atoms with E-state index in [1.54, 1.807) is 11.8 Å². The topological polar surface area (TPSA) is 95.4 Å². The fourth-order valence-corrected chi connectivity index (χ4v) is 1.78. The molecule has 0 saturated carbocycles. The number of aryl methyl sites for hydroxylation is 1. The molecule has 0 aromatic carbocycles. The third-order valence-electron chi connectivity index (χ3n) is 2.61. The Morgan fingerprint density at radius 1 is 1.50 bits per heavy atom. The molecule has 1 aliphatic heterocycles. The summed E-state index contributed by atoms with van der Waals surface area (Å²) in [7, 11) is 0. The molecule has 1 saturated heterocycles. The van der Waals surface area contributed by atoms with Crippen LogP contribution in [0.4, 0.5) is 5.95 Å². The van der Waals surface area contributed by atoms with Crippen LogP contribution in [-0.2, 0) is 4.79 Å². The molecule has 0 unspecified atom stereocenters. The van der Waals surface area contributed by atoms with Gasteiger partial charge in [-0.15, -0.1) is 0 Å². The Balaban J connectivity index is 2.31. The number of carbonyl (C=O) groups excluding carboxylic acids is 1. The minimum Gasteiger partial charge on any atom is -0.477 e. The highest BCUT2D eigenvalue weighted by molar-refractivity contribution is 5.86. The number of rotatable bonds is 2. The van der Waals surface area contributed by atoms with Gasteiger partial charge in [0.15, 0.2) is 5.69 Å². The normalized spacial score (nSPS) is 16.1. The fraction of sp³-hybridized carbons (Fsp3) is 0.455. The van der Waals surface area contributed by atoms with E-state index < -0.39 is 5.97 Å². The smallest absolute Gasteiger partial charge is 0.354 e. The van der Waals surface area contributed by atoms with Crippen molar-refractivity contribution < 1.29 is 14.7 Å². The van der Waals surface area contributed by atoms with Crippen LogP contribution in [0.25, 0.3) is 0 Å². The summed E-state index contributed by atoms with van der Waals surface area (Å²) in [5, 5.41) is 11.7. The third-order valence-corrected chi connectivity index (χ3v) is 2.61. The fourth-order valence-electron chi connectivity index (χ4n) is 1.78. The largest absolute Gasteiger partial charge is 0.477 e. The average Bonchev–Trinajstić information content (AvgIpc) is 2.53. The highest BCUT2D eigenvalue weighted by atomic mass is 16.4. The summed E-state index contributed by atoms with van der Waals surface area (Å²) < 4.78 is 0. The highest BCUT2D eigenvalue weighted by Gasteiger charge is 2.19. The van der Waals surface area contributed by atoms with Gasteiger partial charge in [-0.2, -0.15) is 0 Å². The number of amides is 1. The van der Waals surface area contributed by atoms with Crippen LogP contribution in [0.15, 0.2) is 6.07 Å². The van der Waals surface area contributed by atoms with E-state index in [2.05, 4.69) is 15.3 Å². The first kappa shape index (κ1) is 12.3. The predicted octanol–water partition coefficient (Wildman–Crippen LogP) is -0.190. The van der Waals surface area contributed by atoms with Gasteiger partial charge in [0, 0.05) is 18.8 Å². The molecule has 0 radical (unpaired) electrons. The summed E-state index contributed by atoms with van der Waals surface area (Å²) in [5.74, 6) is -0.903. The minimum absolute atomic E-state index is 0.0536. The van der Waals surface area contributed by atoms with Crippen LogP contribution in [0.3, 0.4) is 0 Å². The van der Waals surface area contributed by atoms with Gasteiger partial charge < -0.3 is 15.3 Å². The molecular formula is C11H14N4O3. The third kappa shape index (κ3) is 2.73. The number of hydrogen-bond acceptors (Lipinski definition) is 5. The van der Waals surface area contributed by atoms with Crippen LogP contribution in [0.1, 0.15) is 22.6 Å². The molecule has 1 aromatic heterocycles. The summed E-state index contributed by atoms with van der Waals surface area (Å²) in [5.41, 5.74) is 0.518. The number of hydrogen-bond donors (Lipinski definition) is 2. The van der Waals surface area contributed by atoms with E-state index in [4.69, 9.17) is 5.11 Å². The van der Waals surface area contributed by atoms with Crippen molar-refractivity contribution in [3.05, 3.63) is 17.5 Å². The number of nitrogens with zero attached hydrogens (tertiary/aromatic N) is 3. The van der Waals surface area contributed by atoms with Gasteiger partial charge in [0.2, 0.25) is 11.9 Å².